The zero-order chi connectivity index (χ0) is 55.4. The molecule has 5 aliphatic rings. The van der Waals surface area contributed by atoms with Gasteiger partial charge in [-0.05, 0) is 94.3 Å². The fourth-order valence-corrected chi connectivity index (χ4v) is 11.0. The number of aromatic nitrogens is 1. The number of aromatic amines is 1. The summed E-state index contributed by atoms with van der Waals surface area (Å²) >= 11 is 0. The summed E-state index contributed by atoms with van der Waals surface area (Å²) in [5.74, 6) is -5.09. The number of amides is 4. The first-order valence-corrected chi connectivity index (χ1v) is 27.6. The van der Waals surface area contributed by atoms with E-state index >= 15 is 0 Å². The summed E-state index contributed by atoms with van der Waals surface area (Å²) in [5, 5.41) is 44.2. The van der Waals surface area contributed by atoms with Crippen LogP contribution in [0.2, 0.25) is 0 Å². The molecule has 6 rings (SSSR count). The molecule has 0 radical (unpaired) electrons. The van der Waals surface area contributed by atoms with Crippen molar-refractivity contribution in [3.8, 4) is 0 Å². The highest BCUT2D eigenvalue weighted by Crippen LogP contribution is 2.54. The molecule has 2 bridgehead atoms. The smallest absolute Gasteiger partial charge is 0.325 e. The number of H-pyrrole nitrogens is 1. The number of piperidine rings is 1. The molecule has 76 heavy (non-hydrogen) atoms. The van der Waals surface area contributed by atoms with E-state index in [4.69, 9.17) is 9.47 Å². The summed E-state index contributed by atoms with van der Waals surface area (Å²) in [4.78, 5) is 96.9. The fourth-order valence-electron chi connectivity index (χ4n) is 11.0. The van der Waals surface area contributed by atoms with E-state index in [-0.39, 0.29) is 73.7 Å². The molecule has 2 saturated heterocycles. The molecular formula is C58H84N6O12. The fraction of sp³-hybridized carbons (Fsp3) is 0.638. The maximum atomic E-state index is 14.5. The first kappa shape index (κ1) is 59.7. The number of allylic oxidation sites excluding steroid dienone is 5. The zero-order valence-electron chi connectivity index (χ0n) is 45.7. The Labute approximate surface area is 447 Å². The number of nitrogens with one attached hydrogen (secondary N) is 5. The molecule has 15 atom stereocenters. The van der Waals surface area contributed by atoms with Gasteiger partial charge < -0.3 is 50.5 Å². The molecule has 1 aliphatic carbocycles. The Morgan fingerprint density at radius 2 is 1.76 bits per heavy atom. The van der Waals surface area contributed by atoms with Crippen molar-refractivity contribution in [2.75, 3.05) is 6.54 Å². The first-order chi connectivity index (χ1) is 36.1. The van der Waals surface area contributed by atoms with Crippen LogP contribution in [-0.2, 0) is 44.7 Å². The number of ether oxygens (including phenoxy) is 2. The largest absolute Gasteiger partial charge is 0.456 e. The molecule has 1 aromatic rings. The van der Waals surface area contributed by atoms with Gasteiger partial charge in [0.25, 0.3) is 5.91 Å². The third-order valence-corrected chi connectivity index (χ3v) is 16.2. The number of carbonyl (C=O) groups is 6. The van der Waals surface area contributed by atoms with E-state index in [1.54, 1.807) is 45.1 Å². The predicted molar refractivity (Wildman–Crippen MR) is 286 cm³/mol. The van der Waals surface area contributed by atoms with Crippen LogP contribution in [0.25, 0.3) is 0 Å². The van der Waals surface area contributed by atoms with Gasteiger partial charge in [0.2, 0.25) is 23.3 Å². The maximum absolute atomic E-state index is 14.5. The van der Waals surface area contributed by atoms with Gasteiger partial charge in [0.05, 0.1) is 30.3 Å². The topological polar surface area (TPSA) is 266 Å². The highest BCUT2D eigenvalue weighted by atomic mass is 16.5. The van der Waals surface area contributed by atoms with Crippen LogP contribution in [0.3, 0.4) is 0 Å². The molecule has 3 fully saturated rings. The minimum Gasteiger partial charge on any atom is -0.456 e. The predicted octanol–water partition coefficient (Wildman–Crippen LogP) is 4.70. The van der Waals surface area contributed by atoms with Crippen LogP contribution in [0.1, 0.15) is 132 Å². The normalized spacial score (nSPS) is 33.9. The number of aliphatic hydroxyl groups is 3. The van der Waals surface area contributed by atoms with Crippen LogP contribution in [0, 0.1) is 41.4 Å². The first-order valence-electron chi connectivity index (χ1n) is 27.6. The van der Waals surface area contributed by atoms with E-state index in [1.807, 2.05) is 39.0 Å². The van der Waals surface area contributed by atoms with Gasteiger partial charge in [-0.2, -0.15) is 0 Å². The lowest BCUT2D eigenvalue weighted by Gasteiger charge is -2.59. The van der Waals surface area contributed by atoms with Gasteiger partial charge in [-0.15, -0.1) is 0 Å². The third-order valence-electron chi connectivity index (χ3n) is 16.2. The number of ketones is 1. The second-order valence-corrected chi connectivity index (χ2v) is 22.4. The van der Waals surface area contributed by atoms with Gasteiger partial charge in [-0.25, -0.2) is 5.43 Å². The summed E-state index contributed by atoms with van der Waals surface area (Å²) in [7, 11) is 0. The summed E-state index contributed by atoms with van der Waals surface area (Å²) in [6, 6.07) is 1.02. The molecule has 1 spiro atoms. The molecule has 5 heterocycles. The van der Waals surface area contributed by atoms with Crippen LogP contribution >= 0.6 is 0 Å². The summed E-state index contributed by atoms with van der Waals surface area (Å²) in [5.41, 5.74) is 4.09. The highest BCUT2D eigenvalue weighted by molar-refractivity contribution is 5.93. The lowest BCUT2D eigenvalue weighted by atomic mass is 9.62. The lowest BCUT2D eigenvalue weighted by Crippen LogP contribution is -2.70. The molecule has 1 unspecified atom stereocenters. The van der Waals surface area contributed by atoms with Gasteiger partial charge in [-0.1, -0.05) is 96.2 Å². The van der Waals surface area contributed by atoms with Crippen molar-refractivity contribution >= 4 is 35.4 Å². The molecule has 8 N–H and O–H groups in total. The van der Waals surface area contributed by atoms with Crippen molar-refractivity contribution in [3.63, 3.8) is 0 Å². The van der Waals surface area contributed by atoms with Gasteiger partial charge in [0, 0.05) is 67.7 Å². The zero-order valence-corrected chi connectivity index (χ0v) is 45.7. The number of cyclic esters (lactones) is 1. The van der Waals surface area contributed by atoms with E-state index in [2.05, 4.69) is 39.4 Å². The minimum absolute atomic E-state index is 0.00218. The molecule has 18 heteroatoms. The third kappa shape index (κ3) is 15.1. The van der Waals surface area contributed by atoms with Crippen LogP contribution in [-0.4, -0.2) is 122 Å². The Kier molecular flexibility index (Phi) is 21.4. The van der Waals surface area contributed by atoms with Gasteiger partial charge >= 0.3 is 5.97 Å². The van der Waals surface area contributed by atoms with E-state index < -0.39 is 95.3 Å². The average Bonchev–Trinajstić information content (AvgIpc) is 3.46. The number of hydrazine groups is 1. The number of nitrogens with zero attached hydrogens (tertiary/aromatic N) is 1. The van der Waals surface area contributed by atoms with E-state index in [0.717, 1.165) is 30.4 Å². The van der Waals surface area contributed by atoms with Crippen LogP contribution in [0.15, 0.2) is 82.7 Å². The van der Waals surface area contributed by atoms with Crippen molar-refractivity contribution in [3.05, 3.63) is 94.0 Å². The van der Waals surface area contributed by atoms with E-state index in [9.17, 15) is 48.9 Å². The summed E-state index contributed by atoms with van der Waals surface area (Å²) in [6.45, 7) is 14.5. The number of hydrogen-bond donors (Lipinski definition) is 8. The number of hydrogen-bond acceptors (Lipinski definition) is 13. The molecule has 4 amide bonds. The van der Waals surface area contributed by atoms with Gasteiger partial charge in [0.1, 0.15) is 30.0 Å². The number of aliphatic hydroxyl groups excluding tert-OH is 3. The quantitative estimate of drug-likeness (QED) is 0.0674. The Hall–Kier alpha value is -5.53. The van der Waals surface area contributed by atoms with Crippen molar-refractivity contribution in [2.45, 2.75) is 187 Å². The molecule has 18 nitrogen and oxygen atoms in total. The number of esters is 1. The van der Waals surface area contributed by atoms with Crippen LogP contribution in [0.4, 0.5) is 0 Å². The molecular weight excluding hydrogens is 973 g/mol. The SMILES string of the molecule is CC[C@H]1C[C@@H]2CC3=C[C@@H](C)[C@H](C[C@H](O)[C@@H](C)CC/C=C/C=C(\C)[C@@H]4C/C=C/C=C/[C@H](O)[C@H](C)[C@@H](O)[C@@H](CCC(C)=O)C(=O)N[C@@H](C(C)C)C(=O)N[C@@H](Cc5cccc(=O)[nH]5)C(=O)N5CCCC(N5)C(=O)O4)O[C@@]32NC1=O. The van der Waals surface area contributed by atoms with Crippen molar-refractivity contribution in [1.29, 1.82) is 0 Å². The monoisotopic (exact) mass is 1060 g/mol. The van der Waals surface area contributed by atoms with Crippen LogP contribution < -0.4 is 26.9 Å². The number of fused-ring (bicyclic) bond motifs is 2. The minimum atomic E-state index is -1.44. The summed E-state index contributed by atoms with van der Waals surface area (Å²) < 4.78 is 12.9. The number of pyridine rings is 1. The second-order valence-electron chi connectivity index (χ2n) is 22.4. The molecule has 0 aromatic carbocycles. The number of carbonyl (C=O) groups excluding carboxylic acids is 6. The molecule has 1 saturated carbocycles. The molecule has 1 aromatic heterocycles. The average molecular weight is 1060 g/mol. The Morgan fingerprint density at radius 3 is 2.47 bits per heavy atom. The van der Waals surface area contributed by atoms with Crippen molar-refractivity contribution < 1.29 is 53.6 Å². The van der Waals surface area contributed by atoms with Crippen molar-refractivity contribution in [1.82, 2.24) is 31.4 Å². The van der Waals surface area contributed by atoms with Crippen molar-refractivity contribution in [2.24, 2.45) is 41.4 Å². The second kappa shape index (κ2) is 27.2. The Balaban J connectivity index is 1.18. The summed E-state index contributed by atoms with van der Waals surface area (Å²) in [6.07, 6.45) is 15.4. The van der Waals surface area contributed by atoms with E-state index in [1.165, 1.54) is 30.1 Å². The highest BCUT2D eigenvalue weighted by Gasteiger charge is 2.60. The van der Waals surface area contributed by atoms with Gasteiger partial charge in [0.15, 0.2) is 5.72 Å². The Morgan fingerprint density at radius 1 is 1.00 bits per heavy atom. The standard InChI is InChI=1S/C58H84N6O12/c1-9-39-29-41-30-40-28-36(6)49(76-58(40,41)62-53(39)70)32-47(67)34(4)18-12-10-13-19-35(5)48-23-15-11-14-22-46(66)38(8)52(69)43(26-25-37(7)65)54(71)61-51(33(2)3)55(72)60-45(31-42-20-16-24-50(68)59-42)56(73)64-27-17-21-44(63-64)57(74)75-48/h10-11,13-16,19-20,22,24,28,33-34,36,38-39,41,43-49,51-52,63,66-67,69H,9,12,17-18,21,23,25-27,29-32H2,1-8H3,(H,59,68)(H,60,72)(H,61,71)(H,62,70)/b13-10+,15-11+,22-14+,35-19+/t34-,36+,38-,39-,41+,43+,44?,45-,46-,47-,48-,49-,51-,52+,58-/m0/s1. The van der Waals surface area contributed by atoms with Crippen LogP contribution in [0.5, 0.6) is 0 Å². The van der Waals surface area contributed by atoms with E-state index in [0.29, 0.717) is 37.8 Å². The number of Topliss-reactive ketones (excluding diaryl/α,β-unsaturated/α-hetero) is 1. The molecule has 4 aliphatic heterocycles. The number of rotatable bonds is 15. The maximum Gasteiger partial charge on any atom is 0.325 e. The van der Waals surface area contributed by atoms with Gasteiger partial charge in [-0.3, -0.25) is 33.8 Å². The molecule has 418 valence electrons. The Bertz CT molecular complexity index is 2450. The lowest BCUT2D eigenvalue weighted by molar-refractivity contribution is -0.205.